The predicted octanol–water partition coefficient (Wildman–Crippen LogP) is 7.09. The molecule has 0 spiro atoms. The van der Waals surface area contributed by atoms with E-state index in [1.165, 1.54) is 19.3 Å². The number of carbonyl (C=O) groups is 3. The van der Waals surface area contributed by atoms with E-state index in [0.29, 0.717) is 55.1 Å². The number of hydrogen-bond acceptors (Lipinski definition) is 9. The summed E-state index contributed by atoms with van der Waals surface area (Å²) in [6.07, 6.45) is 4.60. The summed E-state index contributed by atoms with van der Waals surface area (Å²) >= 11 is 0. The van der Waals surface area contributed by atoms with Gasteiger partial charge in [0.2, 0.25) is 5.91 Å². The number of fused-ring (bicyclic) bond motifs is 1. The molecule has 0 aliphatic carbocycles. The van der Waals surface area contributed by atoms with Gasteiger partial charge in [0.05, 0.1) is 29.5 Å². The molecule has 56 heavy (non-hydrogen) atoms. The fraction of sp³-hybridized carbons (Fsp3) is 0.262. The third kappa shape index (κ3) is 8.59. The highest BCUT2D eigenvalue weighted by atomic mass is 16.5. The molecule has 3 N–H and O–H groups in total. The van der Waals surface area contributed by atoms with Crippen molar-refractivity contribution in [2.75, 3.05) is 42.1 Å². The van der Waals surface area contributed by atoms with Crippen LogP contribution < -0.4 is 20.7 Å². The second-order valence-corrected chi connectivity index (χ2v) is 14.7. The molecular weight excluding hydrogens is 709 g/mol. The van der Waals surface area contributed by atoms with Crippen LogP contribution >= 0.6 is 0 Å². The van der Waals surface area contributed by atoms with Gasteiger partial charge < -0.3 is 25.2 Å². The third-order valence-corrected chi connectivity index (χ3v) is 9.49. The number of hydrogen-bond donors (Lipinski definition) is 3. The summed E-state index contributed by atoms with van der Waals surface area (Å²) in [6.45, 7) is 12.0. The number of ether oxygens (including phenoxy) is 1. The molecule has 7 rings (SSSR count). The zero-order valence-electron chi connectivity index (χ0n) is 32.0. The first-order valence-corrected chi connectivity index (χ1v) is 18.4. The number of pyridine rings is 1. The summed E-state index contributed by atoms with van der Waals surface area (Å²) in [5, 5.41) is 15.7. The Labute approximate surface area is 324 Å². The number of piperazine rings is 1. The van der Waals surface area contributed by atoms with Crippen LogP contribution in [-0.4, -0.2) is 78.6 Å². The molecule has 0 unspecified atom stereocenters. The Morgan fingerprint density at radius 3 is 2.21 bits per heavy atom. The van der Waals surface area contributed by atoms with Crippen molar-refractivity contribution < 1.29 is 19.1 Å². The van der Waals surface area contributed by atoms with Gasteiger partial charge in [-0.2, -0.15) is 5.10 Å². The number of nitrogens with one attached hydrogen (secondary N) is 3. The highest BCUT2D eigenvalue weighted by Gasteiger charge is 2.25. The van der Waals surface area contributed by atoms with E-state index in [-0.39, 0.29) is 29.5 Å². The second kappa shape index (κ2) is 15.9. The van der Waals surface area contributed by atoms with Crippen molar-refractivity contribution in [3.8, 4) is 11.4 Å². The Kier molecular flexibility index (Phi) is 10.6. The molecule has 0 atom stereocenters. The van der Waals surface area contributed by atoms with E-state index in [0.717, 1.165) is 33.3 Å². The van der Waals surface area contributed by atoms with Crippen LogP contribution in [0.4, 0.5) is 27.9 Å². The van der Waals surface area contributed by atoms with Crippen molar-refractivity contribution in [2.45, 2.75) is 46.6 Å². The minimum absolute atomic E-state index is 0.00467. The summed E-state index contributed by atoms with van der Waals surface area (Å²) in [5.41, 5.74) is 4.33. The van der Waals surface area contributed by atoms with E-state index in [1.807, 2.05) is 85.8 Å². The Morgan fingerprint density at radius 1 is 0.786 bits per heavy atom. The molecule has 14 heteroatoms. The van der Waals surface area contributed by atoms with Gasteiger partial charge in [-0.05, 0) is 48.9 Å². The normalized spacial score (nSPS) is 13.0. The highest BCUT2D eigenvalue weighted by Crippen LogP contribution is 2.33. The van der Waals surface area contributed by atoms with Gasteiger partial charge in [0, 0.05) is 61.6 Å². The predicted molar refractivity (Wildman–Crippen MR) is 216 cm³/mol. The SMILES string of the molecule is CC(=O)N1CCN(C(=O)c2cnc(Nc3cc(COc4ccc(NC(=O)Nc5cc(C(C)(C)C)nn5-c5ccc(C)cc5)c5ccccc45)ccn3)cn2)CC1. The van der Waals surface area contributed by atoms with Gasteiger partial charge in [-0.25, -0.2) is 24.4 Å². The molecule has 3 aromatic carbocycles. The first-order valence-electron chi connectivity index (χ1n) is 18.4. The Hall–Kier alpha value is -6.83. The molecule has 0 bridgehead atoms. The van der Waals surface area contributed by atoms with E-state index in [9.17, 15) is 14.4 Å². The number of nitrogens with zero attached hydrogens (tertiary/aromatic N) is 7. The fourth-order valence-corrected chi connectivity index (χ4v) is 6.31. The summed E-state index contributed by atoms with van der Waals surface area (Å²) in [4.78, 5) is 54.5. The van der Waals surface area contributed by atoms with E-state index < -0.39 is 6.03 Å². The van der Waals surface area contributed by atoms with Crippen LogP contribution in [0.5, 0.6) is 5.75 Å². The van der Waals surface area contributed by atoms with Crippen molar-refractivity contribution >= 4 is 51.8 Å². The lowest BCUT2D eigenvalue weighted by Gasteiger charge is -2.33. The maximum absolute atomic E-state index is 13.5. The largest absolute Gasteiger partial charge is 0.488 e. The van der Waals surface area contributed by atoms with Crippen LogP contribution in [0.2, 0.25) is 0 Å². The van der Waals surface area contributed by atoms with Crippen LogP contribution in [0, 0.1) is 6.92 Å². The Morgan fingerprint density at radius 2 is 1.52 bits per heavy atom. The number of aromatic nitrogens is 5. The average Bonchev–Trinajstić information content (AvgIpc) is 3.62. The maximum Gasteiger partial charge on any atom is 0.324 e. The first-order chi connectivity index (χ1) is 26.9. The quantitative estimate of drug-likeness (QED) is 0.140. The molecule has 0 saturated carbocycles. The lowest BCUT2D eigenvalue weighted by Crippen LogP contribution is -2.50. The smallest absolute Gasteiger partial charge is 0.324 e. The summed E-state index contributed by atoms with van der Waals surface area (Å²) in [6, 6.07) is 24.6. The minimum Gasteiger partial charge on any atom is -0.488 e. The highest BCUT2D eigenvalue weighted by molar-refractivity contribution is 6.07. The molecule has 1 fully saturated rings. The topological polar surface area (TPSA) is 160 Å². The molecule has 4 heterocycles. The van der Waals surface area contributed by atoms with Gasteiger partial charge in [-0.3, -0.25) is 14.9 Å². The maximum atomic E-state index is 13.5. The average molecular weight is 753 g/mol. The molecule has 4 amide bonds. The number of benzene rings is 3. The van der Waals surface area contributed by atoms with E-state index in [1.54, 1.807) is 20.7 Å². The van der Waals surface area contributed by atoms with Crippen LogP contribution in [0.3, 0.4) is 0 Å². The van der Waals surface area contributed by atoms with Crippen molar-refractivity contribution in [1.82, 2.24) is 34.5 Å². The molecule has 0 radical (unpaired) electrons. The van der Waals surface area contributed by atoms with Crippen molar-refractivity contribution in [3.63, 3.8) is 0 Å². The van der Waals surface area contributed by atoms with E-state index in [2.05, 4.69) is 51.7 Å². The molecule has 1 aliphatic rings. The van der Waals surface area contributed by atoms with Crippen molar-refractivity contribution in [3.05, 3.63) is 120 Å². The zero-order chi connectivity index (χ0) is 39.4. The number of amides is 4. The lowest BCUT2D eigenvalue weighted by atomic mass is 9.92. The van der Waals surface area contributed by atoms with Crippen LogP contribution in [-0.2, 0) is 16.8 Å². The number of aryl methyl sites for hydroxylation is 1. The van der Waals surface area contributed by atoms with E-state index >= 15 is 0 Å². The van der Waals surface area contributed by atoms with Gasteiger partial charge in [-0.15, -0.1) is 0 Å². The first kappa shape index (κ1) is 37.5. The third-order valence-electron chi connectivity index (χ3n) is 9.49. The van der Waals surface area contributed by atoms with Crippen LogP contribution in [0.15, 0.2) is 97.5 Å². The van der Waals surface area contributed by atoms with Crippen LogP contribution in [0.1, 0.15) is 55.0 Å². The summed E-state index contributed by atoms with van der Waals surface area (Å²) in [5.74, 6) is 1.96. The Balaban J connectivity index is 0.995. The van der Waals surface area contributed by atoms with Gasteiger partial charge in [0.25, 0.3) is 5.91 Å². The lowest BCUT2D eigenvalue weighted by molar-refractivity contribution is -0.130. The number of rotatable bonds is 9. The number of carbonyl (C=O) groups excluding carboxylic acids is 3. The summed E-state index contributed by atoms with van der Waals surface area (Å²) < 4.78 is 8.06. The van der Waals surface area contributed by atoms with Crippen LogP contribution in [0.25, 0.3) is 16.5 Å². The van der Waals surface area contributed by atoms with Crippen molar-refractivity contribution in [2.24, 2.45) is 0 Å². The zero-order valence-corrected chi connectivity index (χ0v) is 32.0. The second-order valence-electron chi connectivity index (χ2n) is 14.7. The molecular formula is C42H44N10O4. The van der Waals surface area contributed by atoms with E-state index in [4.69, 9.17) is 9.84 Å². The fourth-order valence-electron chi connectivity index (χ4n) is 6.31. The molecule has 14 nitrogen and oxygen atoms in total. The minimum atomic E-state index is -0.399. The van der Waals surface area contributed by atoms with Crippen molar-refractivity contribution in [1.29, 1.82) is 0 Å². The molecule has 3 aromatic heterocycles. The van der Waals surface area contributed by atoms with Gasteiger partial charge in [-0.1, -0.05) is 62.7 Å². The standard InChI is InChI=1S/C42H44N10O4/c1-27-10-12-30(13-11-27)52-39(23-36(49-52)42(3,4)5)48-41(55)46-33-14-15-35(32-9-7-6-8-31(32)33)56-26-29-16-17-43-37(22-29)47-38-25-44-34(24-45-38)40(54)51-20-18-50(19-21-51)28(2)53/h6-17,22-25H,18-21,26H2,1-5H3,(H,43,45,47)(H2,46,48,55). The molecule has 1 aliphatic heterocycles. The van der Waals surface area contributed by atoms with Gasteiger partial charge in [0.15, 0.2) is 0 Å². The Bertz CT molecular complexity index is 2380. The number of urea groups is 1. The van der Waals surface area contributed by atoms with Gasteiger partial charge >= 0.3 is 6.03 Å². The number of anilines is 4. The monoisotopic (exact) mass is 752 g/mol. The molecule has 286 valence electrons. The van der Waals surface area contributed by atoms with Gasteiger partial charge in [0.1, 0.15) is 35.5 Å². The summed E-state index contributed by atoms with van der Waals surface area (Å²) in [7, 11) is 0. The molecule has 1 saturated heterocycles. The molecule has 6 aromatic rings.